The van der Waals surface area contributed by atoms with Gasteiger partial charge in [0.15, 0.2) is 12.6 Å². The predicted octanol–water partition coefficient (Wildman–Crippen LogP) is 7.95. The van der Waals surface area contributed by atoms with Gasteiger partial charge in [0.1, 0.15) is 48.8 Å². The number of rotatable bonds is 22. The van der Waals surface area contributed by atoms with E-state index in [2.05, 4.69) is 0 Å². The van der Waals surface area contributed by atoms with Crippen LogP contribution in [0, 0.1) is 0 Å². The van der Waals surface area contributed by atoms with Gasteiger partial charge < -0.3 is 52.8 Å². The van der Waals surface area contributed by atoms with Gasteiger partial charge in [-0.15, -0.1) is 0 Å². The molecule has 0 amide bonds. The van der Waals surface area contributed by atoms with E-state index in [1.165, 1.54) is 0 Å². The minimum atomic E-state index is -1.41. The van der Waals surface area contributed by atoms with Gasteiger partial charge in [0.25, 0.3) is 0 Å². The molecule has 0 aromatic heterocycles. The molecule has 0 radical (unpaired) electrons. The third-order valence-electron chi connectivity index (χ3n) is 11.5. The summed E-state index contributed by atoms with van der Waals surface area (Å²) in [5.74, 6) is 0. The van der Waals surface area contributed by atoms with Gasteiger partial charge in [-0.2, -0.15) is 0 Å². The molecule has 2 heterocycles. The van der Waals surface area contributed by atoms with Gasteiger partial charge in [-0.25, -0.2) is 0 Å². The van der Waals surface area contributed by atoms with Crippen LogP contribution in [0.1, 0.15) is 33.4 Å². The highest BCUT2D eigenvalue weighted by Crippen LogP contribution is 2.34. The molecule has 2 aliphatic heterocycles. The van der Waals surface area contributed by atoms with Crippen molar-refractivity contribution in [2.45, 2.75) is 101 Å². The molecule has 2 aliphatic rings. The fourth-order valence-electron chi connectivity index (χ4n) is 8.11. The summed E-state index contributed by atoms with van der Waals surface area (Å²) in [5, 5.41) is 22.7. The molecule has 2 N–H and O–H groups in total. The fourth-order valence-corrected chi connectivity index (χ4v) is 8.11. The zero-order valence-corrected chi connectivity index (χ0v) is 36.3. The second kappa shape index (κ2) is 24.4. The van der Waals surface area contributed by atoms with E-state index in [1.807, 2.05) is 182 Å². The number of benzene rings is 6. The highest BCUT2D eigenvalue weighted by Gasteiger charge is 2.51. The van der Waals surface area contributed by atoms with Crippen molar-refractivity contribution in [1.29, 1.82) is 0 Å². The van der Waals surface area contributed by atoms with Crippen LogP contribution in [0.4, 0.5) is 0 Å². The number of ether oxygens (including phenoxy) is 9. The minimum absolute atomic E-state index is 0.123. The smallest absolute Gasteiger partial charge is 0.187 e. The summed E-state index contributed by atoms with van der Waals surface area (Å²) in [6, 6.07) is 58.9. The van der Waals surface area contributed by atoms with E-state index in [-0.39, 0.29) is 52.9 Å². The molecule has 8 rings (SSSR count). The summed E-state index contributed by atoms with van der Waals surface area (Å²) in [4.78, 5) is 0. The summed E-state index contributed by atoms with van der Waals surface area (Å²) in [7, 11) is 0. The van der Waals surface area contributed by atoms with Crippen LogP contribution in [0.2, 0.25) is 0 Å². The van der Waals surface area contributed by atoms with E-state index in [0.717, 1.165) is 33.4 Å². The van der Waals surface area contributed by atoms with Crippen molar-refractivity contribution in [3.8, 4) is 0 Å². The highest BCUT2D eigenvalue weighted by molar-refractivity contribution is 5.18. The molecular formula is C54H58O11. The first-order chi connectivity index (χ1) is 32.1. The summed E-state index contributed by atoms with van der Waals surface area (Å²) in [6.07, 6.45) is -9.14. The lowest BCUT2D eigenvalue weighted by molar-refractivity contribution is -0.348. The number of aliphatic hydroxyl groups is 2. The summed E-state index contributed by atoms with van der Waals surface area (Å²) in [5.41, 5.74) is 5.66. The highest BCUT2D eigenvalue weighted by atomic mass is 16.7. The van der Waals surface area contributed by atoms with Gasteiger partial charge in [-0.3, -0.25) is 0 Å². The molecule has 2 saturated heterocycles. The van der Waals surface area contributed by atoms with Crippen molar-refractivity contribution >= 4 is 0 Å². The first-order valence-corrected chi connectivity index (χ1v) is 22.3. The standard InChI is InChI=1S/C54H58O11/c55-31-45-47(57-32-39-19-7-1-8-20-39)50(60-35-42-25-13-4-14-26-42)52(62-37-44-29-17-6-18-30-44)54(65-45)63-38-46-48(58-33-40-21-9-2-10-22-40)49(59-34-41-23-11-3-12-24-41)51(53(56)64-46)61-36-43-27-15-5-16-28-43/h1-30,45-56H,31-38H2/t45-,46-,47-,48-,49+,50+,51-,52+,53+,54?/m1/s1. The lowest BCUT2D eigenvalue weighted by atomic mass is 9.97. The Morgan fingerprint density at radius 1 is 0.323 bits per heavy atom. The van der Waals surface area contributed by atoms with Gasteiger partial charge in [0, 0.05) is 0 Å². The first-order valence-electron chi connectivity index (χ1n) is 22.3. The largest absolute Gasteiger partial charge is 0.394 e. The predicted molar refractivity (Wildman–Crippen MR) is 243 cm³/mol. The van der Waals surface area contributed by atoms with Crippen molar-refractivity contribution in [3.05, 3.63) is 215 Å². The lowest BCUT2D eigenvalue weighted by Gasteiger charge is -2.47. The van der Waals surface area contributed by atoms with Crippen LogP contribution < -0.4 is 0 Å². The Hall–Kier alpha value is -5.12. The fraction of sp³-hybridized carbons (Fsp3) is 0.333. The third-order valence-corrected chi connectivity index (χ3v) is 11.5. The average Bonchev–Trinajstić information content (AvgIpc) is 3.36. The minimum Gasteiger partial charge on any atom is -0.394 e. The molecule has 0 spiro atoms. The van der Waals surface area contributed by atoms with Gasteiger partial charge in [-0.05, 0) is 33.4 Å². The molecule has 1 unspecified atom stereocenters. The van der Waals surface area contributed by atoms with E-state index in [9.17, 15) is 10.2 Å². The molecule has 0 aliphatic carbocycles. The Balaban J connectivity index is 1.09. The number of hydrogen-bond acceptors (Lipinski definition) is 11. The quantitative estimate of drug-likeness (QED) is 0.0691. The number of aliphatic hydroxyl groups excluding tert-OH is 2. The summed E-state index contributed by atoms with van der Waals surface area (Å²) in [6.45, 7) is 0.863. The van der Waals surface area contributed by atoms with Crippen LogP contribution in [0.25, 0.3) is 0 Å². The lowest BCUT2D eigenvalue weighted by Crippen LogP contribution is -2.63. The maximum absolute atomic E-state index is 11.8. The van der Waals surface area contributed by atoms with Crippen LogP contribution in [0.5, 0.6) is 0 Å². The van der Waals surface area contributed by atoms with E-state index in [4.69, 9.17) is 42.6 Å². The van der Waals surface area contributed by atoms with Crippen molar-refractivity contribution in [2.75, 3.05) is 13.2 Å². The van der Waals surface area contributed by atoms with Gasteiger partial charge >= 0.3 is 0 Å². The molecule has 65 heavy (non-hydrogen) atoms. The second-order valence-corrected chi connectivity index (χ2v) is 16.2. The molecule has 0 saturated carbocycles. The molecular weight excluding hydrogens is 825 g/mol. The molecule has 11 heteroatoms. The Bertz CT molecular complexity index is 2210. The molecule has 0 bridgehead atoms. The molecule has 2 fully saturated rings. The average molecular weight is 883 g/mol. The molecule has 340 valence electrons. The number of hydrogen-bond donors (Lipinski definition) is 2. The zero-order chi connectivity index (χ0) is 44.5. The Morgan fingerprint density at radius 2 is 0.615 bits per heavy atom. The van der Waals surface area contributed by atoms with Crippen molar-refractivity contribution in [3.63, 3.8) is 0 Å². The first kappa shape index (κ1) is 46.4. The van der Waals surface area contributed by atoms with Crippen LogP contribution in [-0.2, 0) is 82.3 Å². The van der Waals surface area contributed by atoms with Gasteiger partial charge in [-0.1, -0.05) is 182 Å². The Labute approximate surface area is 381 Å². The van der Waals surface area contributed by atoms with Crippen molar-refractivity contribution in [2.24, 2.45) is 0 Å². The normalized spacial score (nSPS) is 25.6. The van der Waals surface area contributed by atoms with Crippen molar-refractivity contribution < 1.29 is 52.8 Å². The monoisotopic (exact) mass is 882 g/mol. The third kappa shape index (κ3) is 13.3. The molecule has 11 nitrogen and oxygen atoms in total. The zero-order valence-electron chi connectivity index (χ0n) is 36.3. The Morgan fingerprint density at radius 3 is 0.969 bits per heavy atom. The van der Waals surface area contributed by atoms with E-state index in [1.54, 1.807) is 0 Å². The topological polar surface area (TPSA) is 124 Å². The second-order valence-electron chi connectivity index (χ2n) is 16.2. The maximum Gasteiger partial charge on any atom is 0.187 e. The van der Waals surface area contributed by atoms with Crippen LogP contribution in [0.3, 0.4) is 0 Å². The van der Waals surface area contributed by atoms with Crippen molar-refractivity contribution in [1.82, 2.24) is 0 Å². The van der Waals surface area contributed by atoms with Crippen LogP contribution >= 0.6 is 0 Å². The maximum atomic E-state index is 11.8. The van der Waals surface area contributed by atoms with Crippen LogP contribution in [0.15, 0.2) is 182 Å². The summed E-state index contributed by atoms with van der Waals surface area (Å²) >= 11 is 0. The SMILES string of the molecule is OC[C@H]1OC(OC[C@H]2O[C@H](O)[C@H](OCc3ccccc3)[C@@H](OCc3ccccc3)[C@@H]2OCc2ccccc2)[C@@H](OCc2ccccc2)[C@@H](OCc2ccccc2)[C@@H]1OCc1ccccc1. The van der Waals surface area contributed by atoms with Crippen LogP contribution in [-0.4, -0.2) is 84.8 Å². The van der Waals surface area contributed by atoms with Gasteiger partial charge in [0.05, 0.1) is 52.9 Å². The summed E-state index contributed by atoms with van der Waals surface area (Å²) < 4.78 is 59.8. The van der Waals surface area contributed by atoms with Gasteiger partial charge in [0.2, 0.25) is 0 Å². The van der Waals surface area contributed by atoms with E-state index < -0.39 is 61.4 Å². The Kier molecular flexibility index (Phi) is 17.4. The molecule has 10 atom stereocenters. The van der Waals surface area contributed by atoms with E-state index >= 15 is 0 Å². The molecule has 6 aromatic rings. The van der Waals surface area contributed by atoms with E-state index in [0.29, 0.717) is 0 Å². The molecule has 6 aromatic carbocycles.